The molecule has 11 heteroatoms. The van der Waals surface area contributed by atoms with Gasteiger partial charge in [0.05, 0.1) is 16.6 Å². The van der Waals surface area contributed by atoms with Crippen LogP contribution in [0.5, 0.6) is 0 Å². The summed E-state index contributed by atoms with van der Waals surface area (Å²) in [7, 11) is 2.02. The first-order chi connectivity index (χ1) is 16.0. The number of halogens is 1. The van der Waals surface area contributed by atoms with Crippen LogP contribution in [0, 0.1) is 5.82 Å². The van der Waals surface area contributed by atoms with Crippen molar-refractivity contribution in [2.45, 2.75) is 42.7 Å². The number of tetrazole rings is 1. The van der Waals surface area contributed by atoms with Crippen LogP contribution in [0.3, 0.4) is 0 Å². The molecule has 0 bridgehead atoms. The number of nitrogen functional groups attached to an aromatic ring is 1. The highest BCUT2D eigenvalue weighted by atomic mass is 32.2. The average Bonchev–Trinajstić information content (AvgIpc) is 3.55. The molecular weight excluding hydrogens is 459 g/mol. The Labute approximate surface area is 201 Å². The molecule has 176 valence electrons. The number of fused-ring (bicyclic) bond motifs is 1. The van der Waals surface area contributed by atoms with Crippen LogP contribution < -0.4 is 10.6 Å². The fraction of sp³-hybridized carbons (Fsp3) is 0.500. The number of aryl methyl sites for hydroxylation is 2. The van der Waals surface area contributed by atoms with E-state index in [0.717, 1.165) is 57.1 Å². The zero-order chi connectivity index (χ0) is 22.9. The molecule has 2 N–H and O–H groups in total. The second-order valence-electron chi connectivity index (χ2n) is 8.49. The van der Waals surface area contributed by atoms with Crippen LogP contribution in [0.2, 0.25) is 0 Å². The smallest absolute Gasteiger partial charge is 0.168 e. The summed E-state index contributed by atoms with van der Waals surface area (Å²) in [6, 6.07) is 7.70. The molecule has 0 aliphatic carbocycles. The minimum atomic E-state index is -0.233. The fourth-order valence-electron chi connectivity index (χ4n) is 4.76. The number of anilines is 2. The number of thiophene rings is 1. The number of hydrogen-bond acceptors (Lipinski definition) is 9. The van der Waals surface area contributed by atoms with E-state index in [2.05, 4.69) is 54.7 Å². The predicted octanol–water partition coefficient (Wildman–Crippen LogP) is 3.29. The Hall–Kier alpha value is -2.21. The number of aromatic nitrogens is 4. The summed E-state index contributed by atoms with van der Waals surface area (Å²) in [5.74, 6) is 0.711. The summed E-state index contributed by atoms with van der Waals surface area (Å²) in [4.78, 5) is 9.07. The molecule has 1 saturated heterocycles. The lowest BCUT2D eigenvalue weighted by molar-refractivity contribution is 0.0828. The van der Waals surface area contributed by atoms with Crippen molar-refractivity contribution in [3.8, 4) is 0 Å². The van der Waals surface area contributed by atoms with E-state index in [0.29, 0.717) is 10.6 Å². The van der Waals surface area contributed by atoms with Gasteiger partial charge in [0, 0.05) is 56.8 Å². The van der Waals surface area contributed by atoms with Gasteiger partial charge in [0.25, 0.3) is 0 Å². The summed E-state index contributed by atoms with van der Waals surface area (Å²) in [6.07, 6.45) is 1.89. The molecule has 0 radical (unpaired) electrons. The second-order valence-corrected chi connectivity index (χ2v) is 10.6. The molecule has 1 fully saturated rings. The van der Waals surface area contributed by atoms with Crippen molar-refractivity contribution in [2.24, 2.45) is 0 Å². The molecule has 2 aromatic heterocycles. The summed E-state index contributed by atoms with van der Waals surface area (Å²) in [6.45, 7) is 6.63. The Morgan fingerprint density at radius 2 is 2.06 bits per heavy atom. The van der Waals surface area contributed by atoms with Gasteiger partial charge in [-0.1, -0.05) is 24.8 Å². The number of nitrogens with zero attached hydrogens (tertiary/aromatic N) is 7. The first kappa shape index (κ1) is 22.6. The minimum Gasteiger partial charge on any atom is -0.399 e. The van der Waals surface area contributed by atoms with Crippen molar-refractivity contribution < 1.29 is 4.39 Å². The maximum Gasteiger partial charge on any atom is 0.168 e. The van der Waals surface area contributed by atoms with E-state index in [4.69, 9.17) is 5.73 Å². The Balaban J connectivity index is 1.23. The predicted molar refractivity (Wildman–Crippen MR) is 131 cm³/mol. The Morgan fingerprint density at radius 3 is 2.79 bits per heavy atom. The van der Waals surface area contributed by atoms with Crippen molar-refractivity contribution in [1.82, 2.24) is 30.0 Å². The number of rotatable bonds is 7. The normalized spacial score (nSPS) is 20.3. The Morgan fingerprint density at radius 1 is 1.24 bits per heavy atom. The number of piperazine rings is 1. The largest absolute Gasteiger partial charge is 0.399 e. The van der Waals surface area contributed by atoms with Gasteiger partial charge in [-0.3, -0.25) is 9.80 Å². The van der Waals surface area contributed by atoms with Crippen LogP contribution in [0.1, 0.15) is 30.1 Å². The van der Waals surface area contributed by atoms with Crippen molar-refractivity contribution in [2.75, 3.05) is 43.9 Å². The van der Waals surface area contributed by atoms with Crippen molar-refractivity contribution >= 4 is 34.5 Å². The zero-order valence-corrected chi connectivity index (χ0v) is 20.5. The molecule has 4 heterocycles. The van der Waals surface area contributed by atoms with Crippen molar-refractivity contribution in [3.63, 3.8) is 0 Å². The van der Waals surface area contributed by atoms with E-state index in [-0.39, 0.29) is 17.4 Å². The van der Waals surface area contributed by atoms with E-state index < -0.39 is 0 Å². The fourth-order valence-corrected chi connectivity index (χ4v) is 6.79. The van der Waals surface area contributed by atoms with Crippen LogP contribution in [0.4, 0.5) is 15.8 Å². The van der Waals surface area contributed by atoms with Crippen LogP contribution in [-0.4, -0.2) is 68.7 Å². The molecule has 1 aromatic carbocycles. The highest BCUT2D eigenvalue weighted by Crippen LogP contribution is 2.46. The van der Waals surface area contributed by atoms with Gasteiger partial charge in [0.2, 0.25) is 0 Å². The molecule has 0 amide bonds. The van der Waals surface area contributed by atoms with Crippen LogP contribution in [-0.2, 0) is 13.0 Å². The van der Waals surface area contributed by atoms with E-state index in [9.17, 15) is 4.39 Å². The lowest BCUT2D eigenvalue weighted by atomic mass is 10.1. The van der Waals surface area contributed by atoms with Gasteiger partial charge in [-0.15, -0.1) is 16.4 Å². The van der Waals surface area contributed by atoms with Crippen LogP contribution in [0.15, 0.2) is 34.5 Å². The van der Waals surface area contributed by atoms with Crippen molar-refractivity contribution in [1.29, 1.82) is 0 Å². The highest BCUT2D eigenvalue weighted by Gasteiger charge is 2.37. The van der Waals surface area contributed by atoms with Gasteiger partial charge in [0.15, 0.2) is 5.82 Å². The molecule has 2 aliphatic rings. The topological polar surface area (TPSA) is 79.3 Å². The third kappa shape index (κ3) is 4.46. The molecule has 3 aromatic rings. The second kappa shape index (κ2) is 9.57. The summed E-state index contributed by atoms with van der Waals surface area (Å²) in [5, 5.41) is 14.8. The van der Waals surface area contributed by atoms with Crippen LogP contribution in [0.25, 0.3) is 0 Å². The third-order valence-corrected chi connectivity index (χ3v) is 8.88. The quantitative estimate of drug-likeness (QED) is 0.508. The first-order valence-electron chi connectivity index (χ1n) is 11.3. The molecule has 0 spiro atoms. The summed E-state index contributed by atoms with van der Waals surface area (Å²) >= 11 is 3.34. The highest BCUT2D eigenvalue weighted by molar-refractivity contribution is 8.00. The molecule has 8 nitrogen and oxygen atoms in total. The molecule has 2 unspecified atom stereocenters. The summed E-state index contributed by atoms with van der Waals surface area (Å²) in [5.41, 5.74) is 7.30. The molecular formula is C22H29FN8S2. The lowest BCUT2D eigenvalue weighted by Crippen LogP contribution is -2.53. The SMILES string of the molecule is CCC(c1nnnn1CCc1cccs1)N1CCN(C2Sc3c(F)cc(N)cc3N2C)CC1. The molecule has 2 atom stereocenters. The average molecular weight is 489 g/mol. The van der Waals surface area contributed by atoms with Gasteiger partial charge in [-0.2, -0.15) is 0 Å². The molecule has 2 aliphatic heterocycles. The van der Waals surface area contributed by atoms with E-state index in [1.54, 1.807) is 23.1 Å². The summed E-state index contributed by atoms with van der Waals surface area (Å²) < 4.78 is 16.4. The van der Waals surface area contributed by atoms with E-state index in [1.807, 2.05) is 17.8 Å². The maximum absolute atomic E-state index is 14.5. The van der Waals surface area contributed by atoms with Gasteiger partial charge >= 0.3 is 0 Å². The third-order valence-electron chi connectivity index (χ3n) is 6.48. The first-order valence-corrected chi connectivity index (χ1v) is 13.1. The number of nitrogens with two attached hydrogens (primary N) is 1. The van der Waals surface area contributed by atoms with Gasteiger partial charge in [-0.05, 0) is 40.4 Å². The van der Waals surface area contributed by atoms with E-state index >= 15 is 0 Å². The minimum absolute atomic E-state index is 0.0784. The molecule has 5 rings (SSSR count). The number of benzene rings is 1. The Bertz CT molecular complexity index is 1080. The van der Waals surface area contributed by atoms with Crippen molar-refractivity contribution in [3.05, 3.63) is 46.2 Å². The van der Waals surface area contributed by atoms with Gasteiger partial charge < -0.3 is 10.6 Å². The molecule has 0 saturated carbocycles. The number of thioether (sulfide) groups is 1. The lowest BCUT2D eigenvalue weighted by Gasteiger charge is -2.42. The zero-order valence-electron chi connectivity index (χ0n) is 18.9. The Kier molecular flexibility index (Phi) is 6.55. The standard InChI is InChI=1S/C22H29FN8S2/c1-3-18(21-25-26-27-31(21)7-6-16-5-4-12-32-16)29-8-10-30(11-9-29)22-28(2)19-14-15(24)13-17(23)20(19)33-22/h4-5,12-14,18,22H,3,6-11,24H2,1-2H3. The molecule has 33 heavy (non-hydrogen) atoms. The van der Waals surface area contributed by atoms with Gasteiger partial charge in [-0.25, -0.2) is 9.07 Å². The van der Waals surface area contributed by atoms with Crippen LogP contribution >= 0.6 is 23.1 Å². The maximum atomic E-state index is 14.5. The monoisotopic (exact) mass is 488 g/mol. The van der Waals surface area contributed by atoms with Gasteiger partial charge in [0.1, 0.15) is 11.3 Å². The van der Waals surface area contributed by atoms with E-state index in [1.165, 1.54) is 10.9 Å². The number of hydrogen-bond donors (Lipinski definition) is 1.